The highest BCUT2D eigenvalue weighted by Crippen LogP contribution is 2.24. The van der Waals surface area contributed by atoms with E-state index in [9.17, 15) is 4.79 Å². The van der Waals surface area contributed by atoms with Crippen molar-refractivity contribution < 1.29 is 9.53 Å². The molecule has 92 valence electrons. The Balaban J connectivity index is 2.06. The summed E-state index contributed by atoms with van der Waals surface area (Å²) in [7, 11) is 0. The van der Waals surface area contributed by atoms with Gasteiger partial charge < -0.3 is 10.1 Å². The quantitative estimate of drug-likeness (QED) is 0.904. The van der Waals surface area contributed by atoms with Crippen molar-refractivity contribution in [2.45, 2.75) is 6.92 Å². The minimum atomic E-state index is -0.0960. The number of halogens is 1. The van der Waals surface area contributed by atoms with E-state index in [1.165, 1.54) is 6.92 Å². The first-order valence-electron chi connectivity index (χ1n) is 5.44. The zero-order valence-electron chi connectivity index (χ0n) is 9.81. The predicted octanol–water partition coefficient (Wildman–Crippen LogP) is 4.09. The summed E-state index contributed by atoms with van der Waals surface area (Å²) < 4.78 is 5.62. The maximum atomic E-state index is 10.9. The average Bonchev–Trinajstić information content (AvgIpc) is 2.34. The smallest absolute Gasteiger partial charge is 0.221 e. The largest absolute Gasteiger partial charge is 0.457 e. The summed E-state index contributed by atoms with van der Waals surface area (Å²) in [4.78, 5) is 10.9. The van der Waals surface area contributed by atoms with E-state index in [1.807, 2.05) is 0 Å². The molecule has 0 aliphatic heterocycles. The van der Waals surface area contributed by atoms with Crippen molar-refractivity contribution in [3.8, 4) is 11.5 Å². The number of rotatable bonds is 3. The van der Waals surface area contributed by atoms with Crippen molar-refractivity contribution in [1.29, 1.82) is 0 Å². The van der Waals surface area contributed by atoms with Crippen molar-refractivity contribution in [1.82, 2.24) is 0 Å². The van der Waals surface area contributed by atoms with Gasteiger partial charge in [0.25, 0.3) is 0 Å². The fraction of sp³-hybridized carbons (Fsp3) is 0.0714. The number of nitrogens with one attached hydrogen (secondary N) is 1. The summed E-state index contributed by atoms with van der Waals surface area (Å²) in [5.74, 6) is 1.32. The Labute approximate surface area is 110 Å². The van der Waals surface area contributed by atoms with Crippen LogP contribution in [0.15, 0.2) is 48.5 Å². The van der Waals surface area contributed by atoms with Gasteiger partial charge >= 0.3 is 0 Å². The van der Waals surface area contributed by atoms with Gasteiger partial charge in [-0.2, -0.15) is 0 Å². The SMILES string of the molecule is CC(=O)Nc1ccc(Oc2ccc(Cl)cc2)cc1. The predicted molar refractivity (Wildman–Crippen MR) is 72.3 cm³/mol. The van der Waals surface area contributed by atoms with Crippen LogP contribution in [0.25, 0.3) is 0 Å². The second-order valence-corrected chi connectivity index (χ2v) is 4.20. The Morgan fingerprint density at radius 2 is 1.50 bits per heavy atom. The lowest BCUT2D eigenvalue weighted by atomic mass is 10.3. The second-order valence-electron chi connectivity index (χ2n) is 3.76. The van der Waals surface area contributed by atoms with Gasteiger partial charge in [-0.15, -0.1) is 0 Å². The molecule has 18 heavy (non-hydrogen) atoms. The molecule has 0 saturated carbocycles. The highest BCUT2D eigenvalue weighted by Gasteiger charge is 1.99. The van der Waals surface area contributed by atoms with Crippen molar-refractivity contribution in [3.63, 3.8) is 0 Å². The van der Waals surface area contributed by atoms with Crippen molar-refractivity contribution in [3.05, 3.63) is 53.6 Å². The van der Waals surface area contributed by atoms with Crippen LogP contribution >= 0.6 is 11.6 Å². The summed E-state index contributed by atoms with van der Waals surface area (Å²) >= 11 is 5.79. The molecule has 0 unspecified atom stereocenters. The van der Waals surface area contributed by atoms with Gasteiger partial charge in [0.15, 0.2) is 0 Å². The lowest BCUT2D eigenvalue weighted by Crippen LogP contribution is -2.05. The van der Waals surface area contributed by atoms with E-state index in [0.717, 1.165) is 5.69 Å². The minimum absolute atomic E-state index is 0.0960. The van der Waals surface area contributed by atoms with Gasteiger partial charge in [-0.3, -0.25) is 4.79 Å². The summed E-state index contributed by atoms with van der Waals surface area (Å²) in [6, 6.07) is 14.3. The van der Waals surface area contributed by atoms with Crippen molar-refractivity contribution >= 4 is 23.2 Å². The van der Waals surface area contributed by atoms with Crippen LogP contribution in [-0.2, 0) is 4.79 Å². The number of benzene rings is 2. The van der Waals surface area contributed by atoms with E-state index in [2.05, 4.69) is 5.32 Å². The van der Waals surface area contributed by atoms with Crippen molar-refractivity contribution in [2.24, 2.45) is 0 Å². The number of hydrogen-bond acceptors (Lipinski definition) is 2. The Hall–Kier alpha value is -2.00. The fourth-order valence-electron chi connectivity index (χ4n) is 1.45. The summed E-state index contributed by atoms with van der Waals surface area (Å²) in [6.07, 6.45) is 0. The van der Waals surface area contributed by atoms with Gasteiger partial charge in [-0.05, 0) is 48.5 Å². The Morgan fingerprint density at radius 1 is 1.00 bits per heavy atom. The third kappa shape index (κ3) is 3.50. The van der Waals surface area contributed by atoms with Crippen LogP contribution in [0.4, 0.5) is 5.69 Å². The molecule has 2 aromatic rings. The molecule has 0 saturated heterocycles. The van der Waals surface area contributed by atoms with Crippen LogP contribution in [0, 0.1) is 0 Å². The van der Waals surface area contributed by atoms with Gasteiger partial charge in [0.05, 0.1) is 0 Å². The molecule has 0 atom stereocenters. The number of ether oxygens (including phenoxy) is 1. The first-order chi connectivity index (χ1) is 8.63. The zero-order valence-corrected chi connectivity index (χ0v) is 10.6. The van der Waals surface area contributed by atoms with Crippen LogP contribution in [0.3, 0.4) is 0 Å². The van der Waals surface area contributed by atoms with Crippen molar-refractivity contribution in [2.75, 3.05) is 5.32 Å². The van der Waals surface area contributed by atoms with Crippen LogP contribution < -0.4 is 10.1 Å². The normalized spacial score (nSPS) is 9.89. The summed E-state index contributed by atoms with van der Waals surface area (Å²) in [6.45, 7) is 1.47. The Bertz CT molecular complexity index is 535. The van der Waals surface area contributed by atoms with Crippen LogP contribution in [0.1, 0.15) is 6.92 Å². The Morgan fingerprint density at radius 3 is 2.00 bits per heavy atom. The molecule has 2 aromatic carbocycles. The van der Waals surface area contributed by atoms with Gasteiger partial charge in [-0.1, -0.05) is 11.6 Å². The van der Waals surface area contributed by atoms with E-state index < -0.39 is 0 Å². The van der Waals surface area contributed by atoms with Gasteiger partial charge in [0, 0.05) is 17.6 Å². The maximum absolute atomic E-state index is 10.9. The molecule has 0 aliphatic carbocycles. The second kappa shape index (κ2) is 5.56. The van der Waals surface area contributed by atoms with Gasteiger partial charge in [-0.25, -0.2) is 0 Å². The van der Waals surface area contributed by atoms with Gasteiger partial charge in [0.2, 0.25) is 5.91 Å². The maximum Gasteiger partial charge on any atom is 0.221 e. The number of anilines is 1. The number of carbonyl (C=O) groups excluding carboxylic acids is 1. The van der Waals surface area contributed by atoms with Crippen LogP contribution in [0.2, 0.25) is 5.02 Å². The molecule has 0 fully saturated rings. The molecule has 1 N–H and O–H groups in total. The van der Waals surface area contributed by atoms with E-state index in [0.29, 0.717) is 16.5 Å². The first-order valence-corrected chi connectivity index (χ1v) is 5.82. The molecule has 3 nitrogen and oxygen atoms in total. The molecule has 0 bridgehead atoms. The van der Waals surface area contributed by atoms with E-state index >= 15 is 0 Å². The lowest BCUT2D eigenvalue weighted by molar-refractivity contribution is -0.114. The Kier molecular flexibility index (Phi) is 3.85. The minimum Gasteiger partial charge on any atom is -0.457 e. The molecule has 1 amide bonds. The highest BCUT2D eigenvalue weighted by atomic mass is 35.5. The molecule has 4 heteroatoms. The summed E-state index contributed by atoms with van der Waals surface area (Å²) in [5.41, 5.74) is 0.742. The molecular formula is C14H12ClNO2. The molecule has 0 heterocycles. The van der Waals surface area contributed by atoms with Crippen LogP contribution in [-0.4, -0.2) is 5.91 Å². The average molecular weight is 262 g/mol. The van der Waals surface area contributed by atoms with E-state index in [1.54, 1.807) is 48.5 Å². The number of carbonyl (C=O) groups is 1. The topological polar surface area (TPSA) is 38.3 Å². The monoisotopic (exact) mass is 261 g/mol. The summed E-state index contributed by atoms with van der Waals surface area (Å²) in [5, 5.41) is 3.36. The molecule has 2 rings (SSSR count). The third-order valence-corrected chi connectivity index (χ3v) is 2.48. The standard InChI is InChI=1S/C14H12ClNO2/c1-10(17)16-12-4-8-14(9-5-12)18-13-6-2-11(15)3-7-13/h2-9H,1H3,(H,16,17). The first kappa shape index (κ1) is 12.5. The lowest BCUT2D eigenvalue weighted by Gasteiger charge is -2.07. The molecule has 0 radical (unpaired) electrons. The zero-order chi connectivity index (χ0) is 13.0. The van der Waals surface area contributed by atoms with Crippen LogP contribution in [0.5, 0.6) is 11.5 Å². The number of amides is 1. The van der Waals surface area contributed by atoms with Gasteiger partial charge in [0.1, 0.15) is 11.5 Å². The number of hydrogen-bond donors (Lipinski definition) is 1. The third-order valence-electron chi connectivity index (χ3n) is 2.22. The molecular weight excluding hydrogens is 250 g/mol. The fourth-order valence-corrected chi connectivity index (χ4v) is 1.57. The highest BCUT2D eigenvalue weighted by molar-refractivity contribution is 6.30. The molecule has 0 spiro atoms. The molecule has 0 aromatic heterocycles. The van der Waals surface area contributed by atoms with E-state index in [-0.39, 0.29) is 5.91 Å². The molecule has 0 aliphatic rings. The van der Waals surface area contributed by atoms with E-state index in [4.69, 9.17) is 16.3 Å².